The summed E-state index contributed by atoms with van der Waals surface area (Å²) >= 11 is 0. The Balaban J connectivity index is 4.75. The first kappa shape index (κ1) is 11.0. The zero-order chi connectivity index (χ0) is 9.78. The second-order valence-electron chi connectivity index (χ2n) is 3.10. The monoisotopic (exact) mass is 168 g/mol. The molecule has 3 nitrogen and oxygen atoms in total. The lowest BCUT2D eigenvalue weighted by molar-refractivity contribution is -0.136. The van der Waals surface area contributed by atoms with Crippen molar-refractivity contribution >= 4 is 5.91 Å². The molecule has 1 amide bonds. The van der Waals surface area contributed by atoms with E-state index in [0.29, 0.717) is 12.8 Å². The Hall–Kier alpha value is -1.04. The quantitative estimate of drug-likeness (QED) is 0.639. The van der Waals surface area contributed by atoms with Crippen molar-refractivity contribution in [2.45, 2.75) is 26.7 Å². The lowest BCUT2D eigenvalue weighted by Gasteiger charge is -2.25. The van der Waals surface area contributed by atoms with Gasteiger partial charge in [-0.15, -0.1) is 0 Å². The topological polar surface area (TPSA) is 44.1 Å². The van der Waals surface area contributed by atoms with Crippen LogP contribution in [-0.4, -0.2) is 24.9 Å². The van der Waals surface area contributed by atoms with Gasteiger partial charge >= 0.3 is 0 Å². The Morgan fingerprint density at radius 1 is 1.42 bits per heavy atom. The summed E-state index contributed by atoms with van der Waals surface area (Å²) in [4.78, 5) is 13.0. The van der Waals surface area contributed by atoms with Crippen molar-refractivity contribution in [1.29, 1.82) is 5.26 Å². The maximum Gasteiger partial charge on any atom is 0.242 e. The molecule has 0 aliphatic carbocycles. The third kappa shape index (κ3) is 1.76. The van der Waals surface area contributed by atoms with Crippen molar-refractivity contribution < 1.29 is 4.79 Å². The van der Waals surface area contributed by atoms with Crippen molar-refractivity contribution in [2.24, 2.45) is 5.41 Å². The van der Waals surface area contributed by atoms with E-state index in [1.54, 1.807) is 14.1 Å². The second-order valence-corrected chi connectivity index (χ2v) is 3.10. The van der Waals surface area contributed by atoms with Crippen LogP contribution in [0.5, 0.6) is 0 Å². The lowest BCUT2D eigenvalue weighted by atomic mass is 9.83. The molecule has 0 aromatic carbocycles. The molecule has 3 heteroatoms. The van der Waals surface area contributed by atoms with Gasteiger partial charge in [-0.1, -0.05) is 13.8 Å². The molecular formula is C9H16N2O. The fraction of sp³-hybridized carbons (Fsp3) is 0.778. The number of carbonyl (C=O) groups is 1. The number of nitriles is 1. The molecule has 0 rings (SSSR count). The van der Waals surface area contributed by atoms with E-state index in [2.05, 4.69) is 6.07 Å². The number of hydrogen-bond donors (Lipinski definition) is 0. The number of rotatable bonds is 3. The van der Waals surface area contributed by atoms with Crippen LogP contribution in [0, 0.1) is 16.7 Å². The maximum atomic E-state index is 11.6. The minimum atomic E-state index is -0.802. The van der Waals surface area contributed by atoms with Crippen LogP contribution in [0.1, 0.15) is 26.7 Å². The normalized spacial score (nSPS) is 10.6. The molecular weight excluding hydrogens is 152 g/mol. The third-order valence-corrected chi connectivity index (χ3v) is 2.24. The predicted octanol–water partition coefficient (Wildman–Crippen LogP) is 1.40. The number of amides is 1. The van der Waals surface area contributed by atoms with Gasteiger partial charge in [-0.25, -0.2) is 0 Å². The molecule has 0 saturated carbocycles. The first-order chi connectivity index (χ1) is 5.54. The highest BCUT2D eigenvalue weighted by atomic mass is 16.2. The minimum Gasteiger partial charge on any atom is -0.347 e. The van der Waals surface area contributed by atoms with Crippen molar-refractivity contribution in [1.82, 2.24) is 4.90 Å². The van der Waals surface area contributed by atoms with E-state index in [4.69, 9.17) is 5.26 Å². The molecule has 0 bridgehead atoms. The fourth-order valence-corrected chi connectivity index (χ4v) is 1.19. The smallest absolute Gasteiger partial charge is 0.242 e. The van der Waals surface area contributed by atoms with Crippen LogP contribution in [0.25, 0.3) is 0 Å². The van der Waals surface area contributed by atoms with Crippen molar-refractivity contribution in [3.63, 3.8) is 0 Å². The van der Waals surface area contributed by atoms with Gasteiger partial charge in [0.25, 0.3) is 0 Å². The van der Waals surface area contributed by atoms with Crippen LogP contribution in [0.2, 0.25) is 0 Å². The van der Waals surface area contributed by atoms with Crippen molar-refractivity contribution in [3.8, 4) is 6.07 Å². The zero-order valence-electron chi connectivity index (χ0n) is 8.22. The van der Waals surface area contributed by atoms with Gasteiger partial charge in [0.1, 0.15) is 5.41 Å². The highest BCUT2D eigenvalue weighted by Crippen LogP contribution is 2.26. The summed E-state index contributed by atoms with van der Waals surface area (Å²) < 4.78 is 0. The van der Waals surface area contributed by atoms with Crippen molar-refractivity contribution in [2.75, 3.05) is 14.1 Å². The summed E-state index contributed by atoms with van der Waals surface area (Å²) in [5.74, 6) is -0.0880. The number of nitrogens with zero attached hydrogens (tertiary/aromatic N) is 2. The Labute approximate surface area is 74.0 Å². The first-order valence-electron chi connectivity index (χ1n) is 4.17. The Morgan fingerprint density at radius 2 is 1.83 bits per heavy atom. The van der Waals surface area contributed by atoms with E-state index in [9.17, 15) is 4.79 Å². The van der Waals surface area contributed by atoms with E-state index in [0.717, 1.165) is 0 Å². The summed E-state index contributed by atoms with van der Waals surface area (Å²) in [5.41, 5.74) is -0.802. The van der Waals surface area contributed by atoms with Gasteiger partial charge in [-0.3, -0.25) is 4.79 Å². The van der Waals surface area contributed by atoms with Crippen LogP contribution >= 0.6 is 0 Å². The van der Waals surface area contributed by atoms with Crippen LogP contribution in [0.4, 0.5) is 0 Å². The standard InChI is InChI=1S/C9H16N2O/c1-5-9(6-2,7-10)8(12)11(3)4/h5-6H2,1-4H3. The molecule has 0 saturated heterocycles. The largest absolute Gasteiger partial charge is 0.347 e. The van der Waals surface area contributed by atoms with Gasteiger partial charge in [0.15, 0.2) is 0 Å². The number of hydrogen-bond acceptors (Lipinski definition) is 2. The van der Waals surface area contributed by atoms with Gasteiger partial charge < -0.3 is 4.90 Å². The van der Waals surface area contributed by atoms with Crippen LogP contribution in [0.15, 0.2) is 0 Å². The first-order valence-corrected chi connectivity index (χ1v) is 4.17. The summed E-state index contributed by atoms with van der Waals surface area (Å²) in [7, 11) is 3.36. The molecule has 0 spiro atoms. The molecule has 0 atom stereocenters. The highest BCUT2D eigenvalue weighted by molar-refractivity contribution is 5.84. The molecule has 0 aromatic heterocycles. The van der Waals surface area contributed by atoms with Gasteiger partial charge in [-0.2, -0.15) is 5.26 Å². The third-order valence-electron chi connectivity index (χ3n) is 2.24. The average Bonchev–Trinajstić information content (AvgIpc) is 2.08. The molecule has 0 aliphatic rings. The fourth-order valence-electron chi connectivity index (χ4n) is 1.19. The van der Waals surface area contributed by atoms with E-state index in [1.165, 1.54) is 4.90 Å². The minimum absolute atomic E-state index is 0.0880. The van der Waals surface area contributed by atoms with Gasteiger partial charge in [0.05, 0.1) is 6.07 Å². The maximum absolute atomic E-state index is 11.6. The van der Waals surface area contributed by atoms with E-state index in [1.807, 2.05) is 13.8 Å². The van der Waals surface area contributed by atoms with Crippen LogP contribution in [0.3, 0.4) is 0 Å². The molecule has 68 valence electrons. The molecule has 0 N–H and O–H groups in total. The molecule has 0 aromatic rings. The van der Waals surface area contributed by atoms with Crippen molar-refractivity contribution in [3.05, 3.63) is 0 Å². The van der Waals surface area contributed by atoms with Crippen LogP contribution in [-0.2, 0) is 4.79 Å². The number of carbonyl (C=O) groups excluding carboxylic acids is 1. The summed E-state index contributed by atoms with van der Waals surface area (Å²) in [6.07, 6.45) is 1.16. The van der Waals surface area contributed by atoms with Gasteiger partial charge in [-0.05, 0) is 12.8 Å². The zero-order valence-corrected chi connectivity index (χ0v) is 8.22. The van der Waals surface area contributed by atoms with E-state index >= 15 is 0 Å². The Morgan fingerprint density at radius 3 is 1.92 bits per heavy atom. The SMILES string of the molecule is CCC(C#N)(CC)C(=O)N(C)C. The van der Waals surface area contributed by atoms with E-state index in [-0.39, 0.29) is 5.91 Å². The predicted molar refractivity (Wildman–Crippen MR) is 47.3 cm³/mol. The molecule has 12 heavy (non-hydrogen) atoms. The molecule has 0 radical (unpaired) electrons. The summed E-state index contributed by atoms with van der Waals surface area (Å²) in [6.45, 7) is 3.74. The molecule has 0 fully saturated rings. The molecule has 0 aliphatic heterocycles. The summed E-state index contributed by atoms with van der Waals surface area (Å²) in [5, 5.41) is 8.90. The Bertz CT molecular complexity index is 199. The summed E-state index contributed by atoms with van der Waals surface area (Å²) in [6, 6.07) is 2.10. The van der Waals surface area contributed by atoms with Crippen LogP contribution < -0.4 is 0 Å². The second kappa shape index (κ2) is 4.10. The average molecular weight is 168 g/mol. The highest BCUT2D eigenvalue weighted by Gasteiger charge is 2.35. The van der Waals surface area contributed by atoms with Gasteiger partial charge in [0.2, 0.25) is 5.91 Å². The lowest BCUT2D eigenvalue weighted by Crippen LogP contribution is -2.38. The van der Waals surface area contributed by atoms with Gasteiger partial charge in [0, 0.05) is 14.1 Å². The Kier molecular flexibility index (Phi) is 3.75. The molecule has 0 heterocycles. The van der Waals surface area contributed by atoms with E-state index < -0.39 is 5.41 Å². The molecule has 0 unspecified atom stereocenters.